The minimum atomic E-state index is -5.17. The summed E-state index contributed by atoms with van der Waals surface area (Å²) in [5.74, 6) is 0.205. The summed E-state index contributed by atoms with van der Waals surface area (Å²) in [5.41, 5.74) is 10.3. The Balaban J connectivity index is -0.000000105. The van der Waals surface area contributed by atoms with Gasteiger partial charge in [0, 0.05) is 16.9 Å². The zero-order chi connectivity index (χ0) is 12.3. The van der Waals surface area contributed by atoms with Crippen LogP contribution in [0, 0.1) is 0 Å². The van der Waals surface area contributed by atoms with Crippen LogP contribution in [0.4, 0.5) is 0 Å². The maximum atomic E-state index is 8.52. The van der Waals surface area contributed by atoms with Crippen molar-refractivity contribution >= 4 is 16.4 Å². The number of nitrogens with two attached hydrogens (primary N) is 2. The number of hydrogen-bond donors (Lipinski definition) is 2. The Hall–Kier alpha value is 1.14. The third-order valence-electron chi connectivity index (χ3n) is 1.31. The number of nitrogens with zero attached hydrogens (tertiary/aromatic N) is 1. The monoisotopic (exact) mass is 285 g/mol. The predicted molar refractivity (Wildman–Crippen MR) is 55.3 cm³/mol. The third kappa shape index (κ3) is 59.3. The van der Waals surface area contributed by atoms with Crippen molar-refractivity contribution in [1.29, 1.82) is 0 Å². The zero-order valence-corrected chi connectivity index (χ0v) is 15.5. The van der Waals surface area contributed by atoms with E-state index in [9.17, 15) is 0 Å². The van der Waals surface area contributed by atoms with E-state index in [2.05, 4.69) is 11.9 Å². The van der Waals surface area contributed by atoms with Gasteiger partial charge in [0.15, 0.2) is 5.96 Å². The molecule has 0 spiro atoms. The van der Waals surface area contributed by atoms with E-state index >= 15 is 0 Å². The molecule has 0 aliphatic rings. The van der Waals surface area contributed by atoms with Crippen LogP contribution in [0.15, 0.2) is 4.99 Å². The molecule has 0 aliphatic carbocycles. The molecule has 0 aromatic heterocycles. The van der Waals surface area contributed by atoms with Crippen LogP contribution in [0.5, 0.6) is 0 Å². The van der Waals surface area contributed by atoms with Gasteiger partial charge in [-0.1, -0.05) is 26.2 Å². The quantitative estimate of drug-likeness (QED) is 0.128. The molecular weight excluding hydrogens is 268 g/mol. The second kappa shape index (κ2) is 17.1. The molecule has 0 fully saturated rings. The molecule has 0 saturated heterocycles. The van der Waals surface area contributed by atoms with Gasteiger partial charge in [-0.25, -0.2) is 0 Å². The molecule has 0 aliphatic heterocycles. The zero-order valence-electron chi connectivity index (χ0n) is 10.7. The van der Waals surface area contributed by atoms with Crippen molar-refractivity contribution in [2.75, 3.05) is 6.54 Å². The molecule has 0 atom stereocenters. The molecule has 92 valence electrons. The van der Waals surface area contributed by atoms with Crippen LogP contribution in [0.25, 0.3) is 0 Å². The van der Waals surface area contributed by atoms with E-state index in [-0.39, 0.29) is 65.1 Å². The molecular formula is C7H17N3Na2O4S. The maximum Gasteiger partial charge on any atom is 1.00 e. The van der Waals surface area contributed by atoms with Crippen molar-refractivity contribution in [3.63, 3.8) is 0 Å². The van der Waals surface area contributed by atoms with Gasteiger partial charge < -0.3 is 20.6 Å². The Labute approximate surface area is 147 Å². The average Bonchev–Trinajstić information content (AvgIpc) is 2.00. The first kappa shape index (κ1) is 26.7. The normalized spacial score (nSPS) is 8.88. The number of unbranched alkanes of at least 4 members (excludes halogenated alkanes) is 3. The predicted octanol–water partition coefficient (Wildman–Crippen LogP) is -6.49. The van der Waals surface area contributed by atoms with E-state index < -0.39 is 10.4 Å². The van der Waals surface area contributed by atoms with Gasteiger partial charge in [0.05, 0.1) is 0 Å². The first-order valence-corrected chi connectivity index (χ1v) is 5.82. The van der Waals surface area contributed by atoms with Crippen molar-refractivity contribution in [3.8, 4) is 0 Å². The summed E-state index contributed by atoms with van der Waals surface area (Å²) in [6.07, 6.45) is 4.86. The number of hydrogen-bond acceptors (Lipinski definition) is 5. The first-order chi connectivity index (χ1) is 6.77. The molecule has 17 heavy (non-hydrogen) atoms. The first-order valence-electron chi connectivity index (χ1n) is 4.49. The van der Waals surface area contributed by atoms with Gasteiger partial charge in [0.1, 0.15) is 0 Å². The fourth-order valence-corrected chi connectivity index (χ4v) is 0.747. The molecule has 0 saturated carbocycles. The van der Waals surface area contributed by atoms with Crippen LogP contribution >= 0.6 is 0 Å². The van der Waals surface area contributed by atoms with E-state index in [1.807, 2.05) is 0 Å². The summed E-state index contributed by atoms with van der Waals surface area (Å²) >= 11 is 0. The largest absolute Gasteiger partial charge is 1.00 e. The Morgan fingerprint density at radius 3 is 1.82 bits per heavy atom. The Morgan fingerprint density at radius 1 is 1.12 bits per heavy atom. The van der Waals surface area contributed by atoms with E-state index in [1.165, 1.54) is 19.3 Å². The third-order valence-corrected chi connectivity index (χ3v) is 1.31. The van der Waals surface area contributed by atoms with E-state index in [0.717, 1.165) is 13.0 Å². The second-order valence-corrected chi connectivity index (χ2v) is 3.59. The standard InChI is InChI=1S/C7H17N3.2Na.H2O4S/c1-2-3-4-5-6-10-7(8)9;;;1-5(2,3)4/h2-6H2,1H3,(H4,8,9,10);;;(H2,1,2,3,4)/q;2*+1;/p-2. The van der Waals surface area contributed by atoms with Gasteiger partial charge in [-0.15, -0.1) is 0 Å². The molecule has 0 aromatic carbocycles. The maximum absolute atomic E-state index is 8.52. The minimum absolute atomic E-state index is 0. The van der Waals surface area contributed by atoms with Gasteiger partial charge in [-0.2, -0.15) is 0 Å². The van der Waals surface area contributed by atoms with Gasteiger partial charge in [-0.05, 0) is 6.42 Å². The molecule has 0 rings (SSSR count). The molecule has 10 heteroatoms. The Kier molecular flexibility index (Phi) is 26.9. The van der Waals surface area contributed by atoms with E-state index in [1.54, 1.807) is 0 Å². The molecule has 4 N–H and O–H groups in total. The van der Waals surface area contributed by atoms with Crippen LogP contribution in [-0.2, 0) is 10.4 Å². The van der Waals surface area contributed by atoms with E-state index in [0.29, 0.717) is 0 Å². The van der Waals surface area contributed by atoms with Crippen LogP contribution in [0.1, 0.15) is 32.6 Å². The van der Waals surface area contributed by atoms with E-state index in [4.69, 9.17) is 29.0 Å². The van der Waals surface area contributed by atoms with Crippen LogP contribution in [0.2, 0.25) is 0 Å². The molecule has 0 amide bonds. The summed E-state index contributed by atoms with van der Waals surface area (Å²) in [7, 11) is -5.17. The fourth-order valence-electron chi connectivity index (χ4n) is 0.747. The van der Waals surface area contributed by atoms with Crippen LogP contribution in [0.3, 0.4) is 0 Å². The summed E-state index contributed by atoms with van der Waals surface area (Å²) in [6.45, 7) is 2.96. The fraction of sp³-hybridized carbons (Fsp3) is 0.857. The molecule has 7 nitrogen and oxygen atoms in total. The summed E-state index contributed by atoms with van der Waals surface area (Å²) < 4.78 is 34.1. The number of aliphatic imine (C=N–C) groups is 1. The smallest absolute Gasteiger partial charge is 0.759 e. The van der Waals surface area contributed by atoms with Crippen molar-refractivity contribution in [2.24, 2.45) is 16.5 Å². The Morgan fingerprint density at radius 2 is 1.53 bits per heavy atom. The van der Waals surface area contributed by atoms with Crippen LogP contribution in [-0.4, -0.2) is 30.0 Å². The molecule has 0 bridgehead atoms. The van der Waals surface area contributed by atoms with Crippen molar-refractivity contribution in [3.05, 3.63) is 0 Å². The Bertz CT molecular complexity index is 260. The van der Waals surface area contributed by atoms with Gasteiger partial charge in [-0.3, -0.25) is 13.4 Å². The SMILES string of the molecule is CCCCCCN=C(N)N.O=S(=O)([O-])[O-].[Na+].[Na+]. The second-order valence-electron chi connectivity index (χ2n) is 2.78. The molecule has 0 heterocycles. The van der Waals surface area contributed by atoms with Crippen molar-refractivity contribution < 1.29 is 76.6 Å². The average molecular weight is 285 g/mol. The van der Waals surface area contributed by atoms with Crippen molar-refractivity contribution in [1.82, 2.24) is 0 Å². The molecule has 0 unspecified atom stereocenters. The topological polar surface area (TPSA) is 145 Å². The summed E-state index contributed by atoms with van der Waals surface area (Å²) in [5, 5.41) is 0. The number of guanidine groups is 1. The summed E-state index contributed by atoms with van der Waals surface area (Å²) in [4.78, 5) is 3.87. The van der Waals surface area contributed by atoms with Crippen molar-refractivity contribution in [2.45, 2.75) is 32.6 Å². The minimum Gasteiger partial charge on any atom is -0.759 e. The molecule has 0 radical (unpaired) electrons. The molecule has 0 aromatic rings. The van der Waals surface area contributed by atoms with Gasteiger partial charge in [0.2, 0.25) is 0 Å². The van der Waals surface area contributed by atoms with Gasteiger partial charge >= 0.3 is 59.1 Å². The van der Waals surface area contributed by atoms with Crippen LogP contribution < -0.4 is 70.6 Å². The summed E-state index contributed by atoms with van der Waals surface area (Å²) in [6, 6.07) is 0. The number of rotatable bonds is 5. The van der Waals surface area contributed by atoms with Gasteiger partial charge in [0.25, 0.3) is 0 Å².